The molecule has 1 aromatic heterocycles. The van der Waals surface area contributed by atoms with Gasteiger partial charge in [-0.1, -0.05) is 73.5 Å². The van der Waals surface area contributed by atoms with Crippen molar-refractivity contribution < 1.29 is 14.3 Å². The van der Waals surface area contributed by atoms with Gasteiger partial charge < -0.3 is 14.8 Å². The first kappa shape index (κ1) is 26.8. The Bertz CT molecular complexity index is 1330. The smallest absolute Gasteiger partial charge is 0.258 e. The van der Waals surface area contributed by atoms with Crippen molar-refractivity contribution >= 4 is 17.7 Å². The Labute approximate surface area is 233 Å². The number of nitrogens with one attached hydrogen (secondary N) is 1. The maximum atomic E-state index is 12.3. The minimum absolute atomic E-state index is 0.0200. The van der Waals surface area contributed by atoms with E-state index in [2.05, 4.69) is 44.3 Å². The second kappa shape index (κ2) is 13.3. The first-order chi connectivity index (χ1) is 19.2. The van der Waals surface area contributed by atoms with Crippen molar-refractivity contribution in [1.29, 1.82) is 0 Å². The summed E-state index contributed by atoms with van der Waals surface area (Å²) in [7, 11) is 1.67. The van der Waals surface area contributed by atoms with E-state index in [1.807, 2.05) is 54.6 Å². The van der Waals surface area contributed by atoms with Gasteiger partial charge in [0, 0.05) is 17.4 Å². The summed E-state index contributed by atoms with van der Waals surface area (Å²) in [6.45, 7) is 0.680. The number of aromatic nitrogens is 3. The number of ether oxygens (including phenoxy) is 2. The summed E-state index contributed by atoms with van der Waals surface area (Å²) in [5, 5.41) is 13.0. The van der Waals surface area contributed by atoms with Gasteiger partial charge in [0.25, 0.3) is 5.91 Å². The molecule has 202 valence electrons. The summed E-state index contributed by atoms with van der Waals surface area (Å²) in [4.78, 5) is 12.3. The van der Waals surface area contributed by atoms with Crippen LogP contribution < -0.4 is 14.8 Å². The molecule has 3 aromatic carbocycles. The molecule has 1 aliphatic rings. The molecule has 0 unspecified atom stereocenters. The fourth-order valence-electron chi connectivity index (χ4n) is 4.75. The molecule has 0 radical (unpaired) electrons. The molecule has 0 aliphatic heterocycles. The highest BCUT2D eigenvalue weighted by Gasteiger charge is 2.17. The summed E-state index contributed by atoms with van der Waals surface area (Å²) in [5.41, 5.74) is 3.30. The minimum Gasteiger partial charge on any atom is -0.497 e. The van der Waals surface area contributed by atoms with E-state index in [0.29, 0.717) is 12.3 Å². The van der Waals surface area contributed by atoms with Crippen LogP contribution in [0.4, 0.5) is 0 Å². The van der Waals surface area contributed by atoms with E-state index >= 15 is 0 Å². The van der Waals surface area contributed by atoms with Crippen LogP contribution in [-0.4, -0.2) is 40.4 Å². The Kier molecular flexibility index (Phi) is 9.17. The Balaban J connectivity index is 1.27. The van der Waals surface area contributed by atoms with Crippen molar-refractivity contribution in [2.45, 2.75) is 55.6 Å². The van der Waals surface area contributed by atoms with Gasteiger partial charge in [-0.15, -0.1) is 10.2 Å². The Morgan fingerprint density at radius 1 is 0.897 bits per heavy atom. The molecular weight excluding hydrogens is 508 g/mol. The third kappa shape index (κ3) is 7.41. The molecule has 39 heavy (non-hydrogen) atoms. The third-order valence-corrected chi connectivity index (χ3v) is 7.92. The highest BCUT2D eigenvalue weighted by Crippen LogP contribution is 2.29. The van der Waals surface area contributed by atoms with Crippen molar-refractivity contribution in [3.8, 4) is 22.9 Å². The number of methoxy groups -OCH3 is 1. The topological polar surface area (TPSA) is 78.3 Å². The number of thioether (sulfide) groups is 1. The molecular formula is C31H34N4O3S. The highest BCUT2D eigenvalue weighted by atomic mass is 32.2. The molecule has 8 heteroatoms. The third-order valence-electron chi connectivity index (χ3n) is 6.88. The van der Waals surface area contributed by atoms with E-state index < -0.39 is 0 Å². The van der Waals surface area contributed by atoms with Crippen LogP contribution in [0.3, 0.4) is 0 Å². The van der Waals surface area contributed by atoms with Crippen LogP contribution >= 0.6 is 11.8 Å². The number of nitrogens with zero attached hydrogens (tertiary/aromatic N) is 3. The minimum atomic E-state index is -0.0629. The van der Waals surface area contributed by atoms with Gasteiger partial charge in [0.2, 0.25) is 0 Å². The van der Waals surface area contributed by atoms with Gasteiger partial charge in [-0.3, -0.25) is 9.36 Å². The lowest BCUT2D eigenvalue weighted by Gasteiger charge is -2.22. The summed E-state index contributed by atoms with van der Waals surface area (Å²) in [6.07, 6.45) is 5.75. The molecule has 0 atom stereocenters. The molecule has 1 heterocycles. The van der Waals surface area contributed by atoms with Crippen LogP contribution in [0.2, 0.25) is 0 Å². The molecule has 1 aliphatic carbocycles. The van der Waals surface area contributed by atoms with Crippen molar-refractivity contribution in [2.75, 3.05) is 13.7 Å². The van der Waals surface area contributed by atoms with E-state index in [9.17, 15) is 4.79 Å². The van der Waals surface area contributed by atoms with Crippen LogP contribution in [0.25, 0.3) is 11.4 Å². The van der Waals surface area contributed by atoms with Crippen LogP contribution in [-0.2, 0) is 17.1 Å². The highest BCUT2D eigenvalue weighted by molar-refractivity contribution is 7.98. The maximum Gasteiger partial charge on any atom is 0.258 e. The average molecular weight is 543 g/mol. The Hall–Kier alpha value is -3.78. The molecule has 4 aromatic rings. The second-order valence-corrected chi connectivity index (χ2v) is 10.7. The van der Waals surface area contributed by atoms with Crippen LogP contribution in [0, 0.1) is 0 Å². The number of carbonyl (C=O) groups is 1. The Morgan fingerprint density at radius 3 is 2.33 bits per heavy atom. The number of carbonyl (C=O) groups excluding carboxylic acids is 1. The van der Waals surface area contributed by atoms with Gasteiger partial charge in [-0.25, -0.2) is 0 Å². The second-order valence-electron chi connectivity index (χ2n) is 9.73. The summed E-state index contributed by atoms with van der Waals surface area (Å²) < 4.78 is 13.2. The average Bonchev–Trinajstić information content (AvgIpc) is 3.38. The fraction of sp³-hybridized carbons (Fsp3) is 0.323. The van der Waals surface area contributed by atoms with Crippen molar-refractivity contribution in [3.05, 3.63) is 90.0 Å². The molecule has 1 saturated carbocycles. The van der Waals surface area contributed by atoms with Gasteiger partial charge in [0.05, 0.1) is 13.7 Å². The van der Waals surface area contributed by atoms with Gasteiger partial charge in [-0.05, 0) is 60.4 Å². The zero-order chi connectivity index (χ0) is 26.9. The van der Waals surface area contributed by atoms with Gasteiger partial charge in [0.15, 0.2) is 17.6 Å². The monoisotopic (exact) mass is 542 g/mol. The molecule has 1 fully saturated rings. The molecule has 0 spiro atoms. The maximum absolute atomic E-state index is 12.3. The molecule has 7 nitrogen and oxygen atoms in total. The van der Waals surface area contributed by atoms with E-state index in [1.165, 1.54) is 30.4 Å². The normalized spacial score (nSPS) is 13.7. The zero-order valence-electron chi connectivity index (χ0n) is 22.2. The number of hydrogen-bond donors (Lipinski definition) is 1. The van der Waals surface area contributed by atoms with E-state index in [1.54, 1.807) is 18.9 Å². The summed E-state index contributed by atoms with van der Waals surface area (Å²) in [6, 6.07) is 26.4. The number of rotatable bonds is 11. The first-order valence-corrected chi connectivity index (χ1v) is 14.4. The van der Waals surface area contributed by atoms with Crippen LogP contribution in [0.1, 0.15) is 43.2 Å². The molecule has 0 bridgehead atoms. The predicted octanol–water partition coefficient (Wildman–Crippen LogP) is 6.12. The summed E-state index contributed by atoms with van der Waals surface area (Å²) in [5.74, 6) is 2.99. The lowest BCUT2D eigenvalue weighted by Crippen LogP contribution is -2.38. The predicted molar refractivity (Wildman–Crippen MR) is 154 cm³/mol. The van der Waals surface area contributed by atoms with Crippen molar-refractivity contribution in [2.24, 2.45) is 0 Å². The van der Waals surface area contributed by atoms with E-state index in [-0.39, 0.29) is 18.6 Å². The molecule has 1 N–H and O–H groups in total. The largest absolute Gasteiger partial charge is 0.497 e. The van der Waals surface area contributed by atoms with E-state index in [0.717, 1.165) is 40.9 Å². The lowest BCUT2D eigenvalue weighted by atomic mass is 9.95. The number of hydrogen-bond acceptors (Lipinski definition) is 6. The standard InChI is InChI=1S/C31H34N4O3S/c1-37-27-16-12-24(13-17-27)22-39-31-34-33-30(35(31)20-23-8-4-2-5-9-23)25-14-18-28(19-15-25)38-21-29(36)32-26-10-6-3-7-11-26/h2,4-5,8-9,12-19,26H,3,6-7,10-11,20-22H2,1H3,(H,32,36). The van der Waals surface area contributed by atoms with Gasteiger partial charge in [-0.2, -0.15) is 0 Å². The van der Waals surface area contributed by atoms with Crippen molar-refractivity contribution in [3.63, 3.8) is 0 Å². The Morgan fingerprint density at radius 2 is 1.62 bits per heavy atom. The quantitative estimate of drug-likeness (QED) is 0.230. The first-order valence-electron chi connectivity index (χ1n) is 13.4. The molecule has 0 saturated heterocycles. The van der Waals surface area contributed by atoms with E-state index in [4.69, 9.17) is 9.47 Å². The van der Waals surface area contributed by atoms with Crippen LogP contribution in [0.5, 0.6) is 11.5 Å². The van der Waals surface area contributed by atoms with Crippen LogP contribution in [0.15, 0.2) is 84.0 Å². The van der Waals surface area contributed by atoms with Gasteiger partial charge >= 0.3 is 0 Å². The zero-order valence-corrected chi connectivity index (χ0v) is 23.0. The van der Waals surface area contributed by atoms with Gasteiger partial charge in [0.1, 0.15) is 11.5 Å². The summed E-state index contributed by atoms with van der Waals surface area (Å²) >= 11 is 1.66. The fourth-order valence-corrected chi connectivity index (χ4v) is 5.65. The number of amides is 1. The van der Waals surface area contributed by atoms with Crippen molar-refractivity contribution in [1.82, 2.24) is 20.1 Å². The SMILES string of the molecule is COc1ccc(CSc2nnc(-c3ccc(OCC(=O)NC4CCCCC4)cc3)n2Cc2ccccc2)cc1. The molecule has 5 rings (SSSR count). The molecule has 1 amide bonds. The lowest BCUT2D eigenvalue weighted by molar-refractivity contribution is -0.124. The number of benzene rings is 3.